The van der Waals surface area contributed by atoms with Gasteiger partial charge in [0.2, 0.25) is 0 Å². The smallest absolute Gasteiger partial charge is 0.287 e. The zero-order valence-electron chi connectivity index (χ0n) is 16.1. The van der Waals surface area contributed by atoms with Gasteiger partial charge in [-0.1, -0.05) is 12.1 Å². The van der Waals surface area contributed by atoms with E-state index in [9.17, 15) is 9.18 Å². The number of aromatic nitrogens is 1. The topological polar surface area (TPSA) is 62.8 Å². The number of amides is 1. The summed E-state index contributed by atoms with van der Waals surface area (Å²) < 4.78 is 19.3. The number of benzene rings is 1. The minimum atomic E-state index is -0.228. The molecule has 150 valence electrons. The van der Waals surface area contributed by atoms with Crippen LogP contribution >= 0.6 is 0 Å². The van der Waals surface area contributed by atoms with Gasteiger partial charge >= 0.3 is 0 Å². The number of carbonyl (C=O) groups excluding carboxylic acids is 1. The number of furan rings is 1. The van der Waals surface area contributed by atoms with E-state index in [-0.39, 0.29) is 17.8 Å². The highest BCUT2D eigenvalue weighted by molar-refractivity contribution is 5.91. The van der Waals surface area contributed by atoms with Crippen LogP contribution in [0.5, 0.6) is 0 Å². The van der Waals surface area contributed by atoms with Gasteiger partial charge in [-0.25, -0.2) is 4.39 Å². The summed E-state index contributed by atoms with van der Waals surface area (Å²) >= 11 is 0. The Bertz CT molecular complexity index is 925. The van der Waals surface area contributed by atoms with Crippen LogP contribution in [0.1, 0.15) is 22.2 Å². The Morgan fingerprint density at radius 2 is 2.00 bits per heavy atom. The lowest BCUT2D eigenvalue weighted by Gasteiger charge is -2.37. The van der Waals surface area contributed by atoms with E-state index in [1.165, 1.54) is 17.2 Å². The van der Waals surface area contributed by atoms with Crippen LogP contribution in [-0.2, 0) is 0 Å². The SMILES string of the molecule is O=C(NCC(c1cccnc1)[NH+]1CCN(c2ccccc2F)CC1)c1ccco1. The van der Waals surface area contributed by atoms with Crippen LogP contribution in [0.25, 0.3) is 0 Å². The van der Waals surface area contributed by atoms with Crippen molar-refractivity contribution >= 4 is 11.6 Å². The number of nitrogens with zero attached hydrogens (tertiary/aromatic N) is 2. The molecular weight excluding hydrogens is 371 g/mol. The molecule has 6 nitrogen and oxygen atoms in total. The number of para-hydroxylation sites is 1. The average molecular weight is 395 g/mol. The minimum Gasteiger partial charge on any atom is -0.459 e. The maximum atomic E-state index is 14.1. The van der Waals surface area contributed by atoms with E-state index in [0.29, 0.717) is 18.0 Å². The van der Waals surface area contributed by atoms with Crippen LogP contribution in [-0.4, -0.2) is 43.6 Å². The number of rotatable bonds is 6. The molecule has 7 heteroatoms. The van der Waals surface area contributed by atoms with E-state index >= 15 is 0 Å². The first-order valence-electron chi connectivity index (χ1n) is 9.78. The molecule has 1 saturated heterocycles. The Kier molecular flexibility index (Phi) is 5.86. The number of pyridine rings is 1. The van der Waals surface area contributed by atoms with Crippen molar-refractivity contribution in [3.63, 3.8) is 0 Å². The van der Waals surface area contributed by atoms with E-state index in [0.717, 1.165) is 31.7 Å². The molecular formula is C22H24FN4O2+. The van der Waals surface area contributed by atoms with E-state index in [4.69, 9.17) is 4.42 Å². The van der Waals surface area contributed by atoms with Crippen LogP contribution in [0, 0.1) is 5.82 Å². The average Bonchev–Trinajstić information content (AvgIpc) is 3.31. The third-order valence-electron chi connectivity index (χ3n) is 5.39. The molecule has 1 atom stereocenters. The lowest BCUT2D eigenvalue weighted by molar-refractivity contribution is -0.931. The number of nitrogens with one attached hydrogen (secondary N) is 2. The first-order chi connectivity index (χ1) is 14.2. The summed E-state index contributed by atoms with van der Waals surface area (Å²) in [6.07, 6.45) is 5.08. The van der Waals surface area contributed by atoms with Crippen LogP contribution < -0.4 is 15.1 Å². The molecule has 1 amide bonds. The number of hydrogen-bond acceptors (Lipinski definition) is 4. The van der Waals surface area contributed by atoms with Gasteiger partial charge in [-0.3, -0.25) is 9.78 Å². The normalized spacial score (nSPS) is 15.8. The van der Waals surface area contributed by atoms with Gasteiger partial charge in [0.05, 0.1) is 44.7 Å². The van der Waals surface area contributed by atoms with Crippen molar-refractivity contribution in [1.29, 1.82) is 0 Å². The largest absolute Gasteiger partial charge is 0.459 e. The third kappa shape index (κ3) is 4.46. The fourth-order valence-electron chi connectivity index (χ4n) is 3.86. The Hall–Kier alpha value is -3.19. The molecule has 29 heavy (non-hydrogen) atoms. The Morgan fingerprint density at radius 3 is 2.69 bits per heavy atom. The number of hydrogen-bond donors (Lipinski definition) is 2. The molecule has 0 spiro atoms. The highest BCUT2D eigenvalue weighted by Crippen LogP contribution is 2.18. The molecule has 4 rings (SSSR count). The van der Waals surface area contributed by atoms with Gasteiger partial charge in [-0.05, 0) is 36.4 Å². The minimum absolute atomic E-state index is 0.0605. The van der Waals surface area contributed by atoms with Gasteiger partial charge in [0, 0.05) is 18.0 Å². The number of halogens is 1. The van der Waals surface area contributed by atoms with Crippen molar-refractivity contribution in [3.05, 3.63) is 84.3 Å². The summed E-state index contributed by atoms with van der Waals surface area (Å²) in [5.41, 5.74) is 1.72. The zero-order chi connectivity index (χ0) is 20.1. The van der Waals surface area contributed by atoms with Crippen molar-refractivity contribution in [3.8, 4) is 0 Å². The van der Waals surface area contributed by atoms with E-state index in [1.807, 2.05) is 30.5 Å². The second kappa shape index (κ2) is 8.87. The fraction of sp³-hybridized carbons (Fsp3) is 0.273. The molecule has 2 N–H and O–H groups in total. The van der Waals surface area contributed by atoms with Crippen LogP contribution in [0.2, 0.25) is 0 Å². The summed E-state index contributed by atoms with van der Waals surface area (Å²) in [6, 6.07) is 14.2. The van der Waals surface area contributed by atoms with E-state index < -0.39 is 0 Å². The Balaban J connectivity index is 1.44. The highest BCUT2D eigenvalue weighted by atomic mass is 19.1. The van der Waals surface area contributed by atoms with Gasteiger partial charge in [-0.2, -0.15) is 0 Å². The van der Waals surface area contributed by atoms with Crippen LogP contribution in [0.4, 0.5) is 10.1 Å². The number of carbonyl (C=O) groups is 1. The fourth-order valence-corrected chi connectivity index (χ4v) is 3.86. The van der Waals surface area contributed by atoms with Crippen LogP contribution in [0.15, 0.2) is 71.6 Å². The predicted octanol–water partition coefficient (Wildman–Crippen LogP) is 1.69. The predicted molar refractivity (Wildman–Crippen MR) is 107 cm³/mol. The molecule has 3 heterocycles. The van der Waals surface area contributed by atoms with Gasteiger partial charge < -0.3 is 19.5 Å². The number of quaternary nitrogens is 1. The molecule has 1 fully saturated rings. The molecule has 0 aliphatic carbocycles. The Labute approximate surface area is 169 Å². The molecule has 0 radical (unpaired) electrons. The highest BCUT2D eigenvalue weighted by Gasteiger charge is 2.30. The summed E-state index contributed by atoms with van der Waals surface area (Å²) in [4.78, 5) is 20.0. The van der Waals surface area contributed by atoms with Crippen molar-refractivity contribution in [2.45, 2.75) is 6.04 Å². The van der Waals surface area contributed by atoms with Gasteiger partial charge in [0.15, 0.2) is 5.76 Å². The molecule has 1 aliphatic rings. The molecule has 1 unspecified atom stereocenters. The molecule has 3 aromatic rings. The van der Waals surface area contributed by atoms with Crippen molar-refractivity contribution in [1.82, 2.24) is 10.3 Å². The summed E-state index contributed by atoms with van der Waals surface area (Å²) in [7, 11) is 0. The summed E-state index contributed by atoms with van der Waals surface area (Å²) in [6.45, 7) is 3.65. The first-order valence-corrected chi connectivity index (χ1v) is 9.78. The standard InChI is InChI=1S/C22H23FN4O2/c23-18-6-1-2-7-19(18)26-10-12-27(13-11-26)20(17-5-3-9-24-15-17)16-25-22(28)21-8-4-14-29-21/h1-9,14-15,20H,10-13,16H2,(H,25,28)/p+1. The van der Waals surface area contributed by atoms with E-state index in [1.54, 1.807) is 24.4 Å². The third-order valence-corrected chi connectivity index (χ3v) is 5.39. The maximum Gasteiger partial charge on any atom is 0.287 e. The quantitative estimate of drug-likeness (QED) is 0.667. The lowest BCUT2D eigenvalue weighted by atomic mass is 10.1. The molecule has 0 saturated carbocycles. The van der Waals surface area contributed by atoms with Crippen molar-refractivity contribution in [2.75, 3.05) is 37.6 Å². The van der Waals surface area contributed by atoms with Crippen LogP contribution in [0.3, 0.4) is 0 Å². The van der Waals surface area contributed by atoms with Crippen molar-refractivity contribution < 1.29 is 18.5 Å². The second-order valence-corrected chi connectivity index (χ2v) is 7.12. The number of piperazine rings is 1. The molecule has 1 aliphatic heterocycles. The Morgan fingerprint density at radius 1 is 1.17 bits per heavy atom. The van der Waals surface area contributed by atoms with Crippen molar-refractivity contribution in [2.24, 2.45) is 0 Å². The van der Waals surface area contributed by atoms with Gasteiger partial charge in [-0.15, -0.1) is 0 Å². The second-order valence-electron chi connectivity index (χ2n) is 7.12. The summed E-state index contributed by atoms with van der Waals surface area (Å²) in [5.74, 6) is -0.118. The van der Waals surface area contributed by atoms with Gasteiger partial charge in [0.1, 0.15) is 11.9 Å². The monoisotopic (exact) mass is 395 g/mol. The molecule has 2 aromatic heterocycles. The molecule has 0 bridgehead atoms. The number of anilines is 1. The van der Waals surface area contributed by atoms with Gasteiger partial charge in [0.25, 0.3) is 5.91 Å². The first kappa shape index (κ1) is 19.1. The zero-order valence-corrected chi connectivity index (χ0v) is 16.1. The molecule has 1 aromatic carbocycles. The maximum absolute atomic E-state index is 14.1. The summed E-state index contributed by atoms with van der Waals surface area (Å²) in [5, 5.41) is 2.98. The lowest BCUT2D eigenvalue weighted by Crippen LogP contribution is -3.15. The van der Waals surface area contributed by atoms with E-state index in [2.05, 4.69) is 15.2 Å².